The Morgan fingerprint density at radius 1 is 1.25 bits per heavy atom. The number of morpholine rings is 1. The number of rotatable bonds is 5. The van der Waals surface area contributed by atoms with Crippen molar-refractivity contribution in [3.8, 4) is 0 Å². The van der Waals surface area contributed by atoms with Crippen LogP contribution in [0.3, 0.4) is 0 Å². The molecule has 7 heteroatoms. The fourth-order valence-electron chi connectivity index (χ4n) is 1.89. The minimum atomic E-state index is -0.585. The normalized spacial score (nSPS) is 15.8. The molecule has 1 aromatic rings. The van der Waals surface area contributed by atoms with Gasteiger partial charge in [-0.2, -0.15) is 11.3 Å². The van der Waals surface area contributed by atoms with Crippen LogP contribution >= 0.6 is 11.3 Å². The molecule has 1 fully saturated rings. The van der Waals surface area contributed by atoms with Gasteiger partial charge in [-0.15, -0.1) is 0 Å². The molecule has 2 heterocycles. The van der Waals surface area contributed by atoms with Crippen LogP contribution in [-0.4, -0.2) is 56.1 Å². The third kappa shape index (κ3) is 4.92. The van der Waals surface area contributed by atoms with Crippen molar-refractivity contribution in [2.45, 2.75) is 6.54 Å². The summed E-state index contributed by atoms with van der Waals surface area (Å²) in [6.07, 6.45) is 0. The molecule has 0 aliphatic carbocycles. The Morgan fingerprint density at radius 3 is 2.70 bits per heavy atom. The third-order valence-electron chi connectivity index (χ3n) is 3.06. The zero-order chi connectivity index (χ0) is 14.2. The highest BCUT2D eigenvalue weighted by atomic mass is 32.1. The lowest BCUT2D eigenvalue weighted by molar-refractivity contribution is -0.139. The predicted molar refractivity (Wildman–Crippen MR) is 76.4 cm³/mol. The molecular weight excluding hydrogens is 278 g/mol. The number of amides is 2. The molecule has 1 saturated heterocycles. The largest absolute Gasteiger partial charge is 0.379 e. The first-order chi connectivity index (χ1) is 9.75. The maximum absolute atomic E-state index is 11.6. The molecule has 2 amide bonds. The van der Waals surface area contributed by atoms with Gasteiger partial charge in [-0.1, -0.05) is 0 Å². The molecule has 1 aliphatic rings. The maximum atomic E-state index is 11.6. The fourth-order valence-corrected chi connectivity index (χ4v) is 2.56. The number of hydrogen-bond acceptors (Lipinski definition) is 5. The van der Waals surface area contributed by atoms with Crippen LogP contribution in [-0.2, 0) is 20.9 Å². The zero-order valence-corrected chi connectivity index (χ0v) is 12.1. The summed E-state index contributed by atoms with van der Waals surface area (Å²) in [4.78, 5) is 25.3. The molecule has 0 spiro atoms. The second-order valence-corrected chi connectivity index (χ2v) is 5.30. The Bertz CT molecular complexity index is 430. The Kier molecular flexibility index (Phi) is 5.97. The summed E-state index contributed by atoms with van der Waals surface area (Å²) < 4.78 is 5.24. The van der Waals surface area contributed by atoms with Crippen molar-refractivity contribution in [3.63, 3.8) is 0 Å². The Labute approximate surface area is 122 Å². The van der Waals surface area contributed by atoms with Crippen LogP contribution in [0, 0.1) is 0 Å². The quantitative estimate of drug-likeness (QED) is 0.739. The third-order valence-corrected chi connectivity index (χ3v) is 3.79. The van der Waals surface area contributed by atoms with Crippen LogP contribution in [0.1, 0.15) is 5.56 Å². The highest BCUT2D eigenvalue weighted by Crippen LogP contribution is 2.04. The predicted octanol–water partition coefficient (Wildman–Crippen LogP) is -0.187. The molecule has 2 rings (SSSR count). The molecule has 1 aliphatic heterocycles. The minimum absolute atomic E-state index is 0.388. The van der Waals surface area contributed by atoms with Crippen molar-refractivity contribution in [1.29, 1.82) is 0 Å². The minimum Gasteiger partial charge on any atom is -0.379 e. The first-order valence-electron chi connectivity index (χ1n) is 6.63. The van der Waals surface area contributed by atoms with E-state index in [-0.39, 0.29) is 0 Å². The van der Waals surface area contributed by atoms with Crippen LogP contribution < -0.4 is 10.6 Å². The number of nitrogens with zero attached hydrogens (tertiary/aromatic N) is 1. The number of hydrogen-bond donors (Lipinski definition) is 2. The summed E-state index contributed by atoms with van der Waals surface area (Å²) in [7, 11) is 0. The second-order valence-electron chi connectivity index (χ2n) is 4.52. The monoisotopic (exact) mass is 297 g/mol. The van der Waals surface area contributed by atoms with Gasteiger partial charge in [0.2, 0.25) is 0 Å². The van der Waals surface area contributed by atoms with Crippen LogP contribution in [0.5, 0.6) is 0 Å². The topological polar surface area (TPSA) is 70.7 Å². The van der Waals surface area contributed by atoms with E-state index in [1.54, 1.807) is 11.3 Å². The molecule has 0 atom stereocenters. The SMILES string of the molecule is O=C(NCCN1CCOCC1)C(=O)NCc1ccsc1. The van der Waals surface area contributed by atoms with Gasteiger partial charge >= 0.3 is 11.8 Å². The molecule has 0 radical (unpaired) electrons. The average Bonchev–Trinajstić information content (AvgIpc) is 2.99. The first kappa shape index (κ1) is 15.0. The van der Waals surface area contributed by atoms with Crippen molar-refractivity contribution in [3.05, 3.63) is 22.4 Å². The van der Waals surface area contributed by atoms with Gasteiger partial charge in [-0.25, -0.2) is 0 Å². The summed E-state index contributed by atoms with van der Waals surface area (Å²) in [5.41, 5.74) is 1.00. The Morgan fingerprint density at radius 2 is 2.00 bits per heavy atom. The van der Waals surface area contributed by atoms with E-state index in [4.69, 9.17) is 4.74 Å². The summed E-state index contributed by atoms with van der Waals surface area (Å²) in [6, 6.07) is 1.92. The molecule has 0 unspecified atom stereocenters. The van der Waals surface area contributed by atoms with Gasteiger partial charge < -0.3 is 15.4 Å². The zero-order valence-electron chi connectivity index (χ0n) is 11.3. The smallest absolute Gasteiger partial charge is 0.309 e. The van der Waals surface area contributed by atoms with Gasteiger partial charge in [0, 0.05) is 32.7 Å². The lowest BCUT2D eigenvalue weighted by Crippen LogP contribution is -2.44. The molecule has 2 N–H and O–H groups in total. The van der Waals surface area contributed by atoms with Crippen LogP contribution in [0.15, 0.2) is 16.8 Å². The van der Waals surface area contributed by atoms with E-state index >= 15 is 0 Å². The van der Waals surface area contributed by atoms with E-state index < -0.39 is 11.8 Å². The van der Waals surface area contributed by atoms with Crippen molar-refractivity contribution < 1.29 is 14.3 Å². The van der Waals surface area contributed by atoms with Crippen LogP contribution in [0.2, 0.25) is 0 Å². The van der Waals surface area contributed by atoms with Crippen molar-refractivity contribution in [2.75, 3.05) is 39.4 Å². The summed E-state index contributed by atoms with van der Waals surface area (Å²) >= 11 is 1.56. The standard InChI is InChI=1S/C13H19N3O3S/c17-12(13(18)15-9-11-1-8-20-10-11)14-2-3-16-4-6-19-7-5-16/h1,8,10H,2-7,9H2,(H,14,17)(H,15,18). The number of carbonyl (C=O) groups excluding carboxylic acids is 2. The van der Waals surface area contributed by atoms with Gasteiger partial charge in [-0.05, 0) is 22.4 Å². The number of thiophene rings is 1. The molecular formula is C13H19N3O3S. The van der Waals surface area contributed by atoms with Crippen LogP contribution in [0.4, 0.5) is 0 Å². The Hall–Kier alpha value is -1.44. The summed E-state index contributed by atoms with van der Waals surface area (Å²) in [5.74, 6) is -1.16. The highest BCUT2D eigenvalue weighted by Gasteiger charge is 2.14. The fraction of sp³-hybridized carbons (Fsp3) is 0.538. The number of carbonyl (C=O) groups is 2. The first-order valence-corrected chi connectivity index (χ1v) is 7.57. The van der Waals surface area contributed by atoms with Crippen LogP contribution in [0.25, 0.3) is 0 Å². The van der Waals surface area contributed by atoms with E-state index in [0.29, 0.717) is 13.1 Å². The van der Waals surface area contributed by atoms with E-state index in [1.165, 1.54) is 0 Å². The molecule has 6 nitrogen and oxygen atoms in total. The average molecular weight is 297 g/mol. The summed E-state index contributed by atoms with van der Waals surface area (Å²) in [6.45, 7) is 4.82. The molecule has 110 valence electrons. The maximum Gasteiger partial charge on any atom is 0.309 e. The van der Waals surface area contributed by atoms with E-state index in [1.807, 2.05) is 16.8 Å². The highest BCUT2D eigenvalue weighted by molar-refractivity contribution is 7.07. The van der Waals surface area contributed by atoms with Crippen molar-refractivity contribution >= 4 is 23.2 Å². The second kappa shape index (κ2) is 7.98. The van der Waals surface area contributed by atoms with Crippen molar-refractivity contribution in [1.82, 2.24) is 15.5 Å². The Balaban J connectivity index is 1.59. The van der Waals surface area contributed by atoms with E-state index in [9.17, 15) is 9.59 Å². The van der Waals surface area contributed by atoms with Gasteiger partial charge in [-0.3, -0.25) is 14.5 Å². The van der Waals surface area contributed by atoms with Gasteiger partial charge in [0.05, 0.1) is 13.2 Å². The number of ether oxygens (including phenoxy) is 1. The molecule has 0 saturated carbocycles. The van der Waals surface area contributed by atoms with E-state index in [0.717, 1.165) is 38.4 Å². The summed E-state index contributed by atoms with van der Waals surface area (Å²) in [5, 5.41) is 9.10. The molecule has 1 aromatic heterocycles. The lowest BCUT2D eigenvalue weighted by atomic mass is 10.3. The van der Waals surface area contributed by atoms with Gasteiger partial charge in [0.1, 0.15) is 0 Å². The van der Waals surface area contributed by atoms with Gasteiger partial charge in [0.15, 0.2) is 0 Å². The van der Waals surface area contributed by atoms with Gasteiger partial charge in [0.25, 0.3) is 0 Å². The van der Waals surface area contributed by atoms with E-state index in [2.05, 4.69) is 15.5 Å². The molecule has 0 bridgehead atoms. The molecule has 20 heavy (non-hydrogen) atoms. The lowest BCUT2D eigenvalue weighted by Gasteiger charge is -2.26. The number of nitrogens with one attached hydrogen (secondary N) is 2. The molecule has 0 aromatic carbocycles. The van der Waals surface area contributed by atoms with Crippen molar-refractivity contribution in [2.24, 2.45) is 0 Å².